The van der Waals surface area contributed by atoms with Gasteiger partial charge in [-0.15, -0.1) is 0 Å². The molecule has 6 nitrogen and oxygen atoms in total. The maximum atomic E-state index is 12.1. The van der Waals surface area contributed by atoms with Crippen LogP contribution < -0.4 is 4.72 Å². The van der Waals surface area contributed by atoms with E-state index in [2.05, 4.69) is 4.72 Å². The van der Waals surface area contributed by atoms with E-state index in [9.17, 15) is 8.42 Å². The highest BCUT2D eigenvalue weighted by Crippen LogP contribution is 2.15. The number of ether oxygens (including phenoxy) is 1. The topological polar surface area (TPSA) is 99.4 Å². The molecule has 0 aromatic heterocycles. The lowest BCUT2D eigenvalue weighted by atomic mass is 10.1. The second kappa shape index (κ2) is 6.63. The van der Waals surface area contributed by atoms with Gasteiger partial charge in [-0.3, -0.25) is 0 Å². The molecule has 104 valence electrons. The van der Waals surface area contributed by atoms with Crippen LogP contribution in [0.15, 0.2) is 23.1 Å². The number of aliphatic hydroxyl groups excluding tert-OH is 1. The Balaban J connectivity index is 3.01. The number of hydrogen-bond acceptors (Lipinski definition) is 5. The molecule has 19 heavy (non-hydrogen) atoms. The Labute approximate surface area is 112 Å². The largest absolute Gasteiger partial charge is 0.395 e. The molecule has 0 heterocycles. The van der Waals surface area contributed by atoms with Crippen LogP contribution in [-0.2, 0) is 14.8 Å². The van der Waals surface area contributed by atoms with E-state index in [1.165, 1.54) is 25.3 Å². The summed E-state index contributed by atoms with van der Waals surface area (Å²) in [5.74, 6) is 0. The third-order valence-corrected chi connectivity index (χ3v) is 4.06. The van der Waals surface area contributed by atoms with Crippen LogP contribution >= 0.6 is 0 Å². The molecule has 7 heteroatoms. The number of nitriles is 1. The van der Waals surface area contributed by atoms with Crippen molar-refractivity contribution in [3.63, 3.8) is 0 Å². The number of sulfonamides is 1. The van der Waals surface area contributed by atoms with Crippen LogP contribution in [0.25, 0.3) is 0 Å². The van der Waals surface area contributed by atoms with Gasteiger partial charge in [0.25, 0.3) is 0 Å². The first-order chi connectivity index (χ1) is 8.94. The molecule has 0 aliphatic carbocycles. The zero-order valence-corrected chi connectivity index (χ0v) is 11.6. The number of aryl methyl sites for hydroxylation is 1. The molecule has 0 saturated heterocycles. The van der Waals surface area contributed by atoms with Crippen LogP contribution in [0.5, 0.6) is 0 Å². The summed E-state index contributed by atoms with van der Waals surface area (Å²) in [4.78, 5) is 0.0542. The molecular formula is C12H16N2O4S. The quantitative estimate of drug-likeness (QED) is 0.774. The smallest absolute Gasteiger partial charge is 0.240 e. The number of benzene rings is 1. The SMILES string of the molecule is COCC(CO)NS(=O)(=O)c1ccc(C#N)c(C)c1. The zero-order chi connectivity index (χ0) is 14.5. The van der Waals surface area contributed by atoms with E-state index in [0.717, 1.165) is 0 Å². The van der Waals surface area contributed by atoms with Crippen molar-refractivity contribution in [3.05, 3.63) is 29.3 Å². The summed E-state index contributed by atoms with van der Waals surface area (Å²) in [5, 5.41) is 17.9. The molecule has 0 fully saturated rings. The van der Waals surface area contributed by atoms with E-state index in [1.54, 1.807) is 6.92 Å². The molecule has 0 bridgehead atoms. The Kier molecular flexibility index (Phi) is 5.44. The number of rotatable bonds is 6. The van der Waals surface area contributed by atoms with E-state index >= 15 is 0 Å². The van der Waals surface area contributed by atoms with Gasteiger partial charge in [0.1, 0.15) is 0 Å². The Hall–Kier alpha value is -1.46. The maximum absolute atomic E-state index is 12.1. The van der Waals surface area contributed by atoms with Gasteiger partial charge in [0, 0.05) is 7.11 Å². The van der Waals surface area contributed by atoms with Crippen LogP contribution in [0.1, 0.15) is 11.1 Å². The van der Waals surface area contributed by atoms with E-state index in [4.69, 9.17) is 15.1 Å². The van der Waals surface area contributed by atoms with Gasteiger partial charge in [-0.1, -0.05) is 0 Å². The number of nitrogens with zero attached hydrogens (tertiary/aromatic N) is 1. The Morgan fingerprint density at radius 2 is 2.21 bits per heavy atom. The first-order valence-electron chi connectivity index (χ1n) is 5.57. The van der Waals surface area contributed by atoms with E-state index < -0.39 is 16.1 Å². The van der Waals surface area contributed by atoms with Crippen molar-refractivity contribution in [2.75, 3.05) is 20.3 Å². The molecule has 1 unspecified atom stereocenters. The first-order valence-corrected chi connectivity index (χ1v) is 7.05. The molecule has 0 radical (unpaired) electrons. The van der Waals surface area contributed by atoms with Crippen LogP contribution in [0.3, 0.4) is 0 Å². The average Bonchev–Trinajstić information content (AvgIpc) is 2.37. The predicted molar refractivity (Wildman–Crippen MR) is 69.0 cm³/mol. The van der Waals surface area contributed by atoms with Crippen molar-refractivity contribution in [3.8, 4) is 6.07 Å². The second-order valence-electron chi connectivity index (χ2n) is 4.04. The van der Waals surface area contributed by atoms with Gasteiger partial charge in [0.2, 0.25) is 10.0 Å². The lowest BCUT2D eigenvalue weighted by Crippen LogP contribution is -2.40. The standard InChI is InChI=1S/C12H16N2O4S/c1-9-5-12(4-3-10(9)6-13)19(16,17)14-11(7-15)8-18-2/h3-5,11,14-15H,7-8H2,1-2H3. The molecular weight excluding hydrogens is 268 g/mol. The highest BCUT2D eigenvalue weighted by atomic mass is 32.2. The number of aliphatic hydroxyl groups is 1. The fourth-order valence-corrected chi connectivity index (χ4v) is 2.84. The fourth-order valence-electron chi connectivity index (χ4n) is 1.54. The summed E-state index contributed by atoms with van der Waals surface area (Å²) in [6, 6.07) is 5.50. The van der Waals surface area contributed by atoms with Gasteiger partial charge < -0.3 is 9.84 Å². The van der Waals surface area contributed by atoms with Crippen molar-refractivity contribution in [1.82, 2.24) is 4.72 Å². The summed E-state index contributed by atoms with van der Waals surface area (Å²) in [6.07, 6.45) is 0. The van der Waals surface area contributed by atoms with Crippen LogP contribution in [0, 0.1) is 18.3 Å². The summed E-state index contributed by atoms with van der Waals surface area (Å²) in [6.45, 7) is 1.38. The molecule has 2 N–H and O–H groups in total. The molecule has 1 rings (SSSR count). The van der Waals surface area contributed by atoms with Crippen LogP contribution in [0.2, 0.25) is 0 Å². The highest BCUT2D eigenvalue weighted by Gasteiger charge is 2.20. The van der Waals surface area contributed by atoms with E-state index in [-0.39, 0.29) is 18.1 Å². The highest BCUT2D eigenvalue weighted by molar-refractivity contribution is 7.89. The van der Waals surface area contributed by atoms with Crippen molar-refractivity contribution in [2.24, 2.45) is 0 Å². The summed E-state index contributed by atoms with van der Waals surface area (Å²) in [5.41, 5.74) is 1.01. The summed E-state index contributed by atoms with van der Waals surface area (Å²) >= 11 is 0. The molecule has 1 aromatic rings. The number of hydrogen-bond donors (Lipinski definition) is 2. The van der Waals surface area contributed by atoms with Gasteiger partial charge in [-0.25, -0.2) is 13.1 Å². The lowest BCUT2D eigenvalue weighted by Gasteiger charge is -2.15. The molecule has 0 aliphatic rings. The van der Waals surface area contributed by atoms with Gasteiger partial charge in [0.05, 0.1) is 35.8 Å². The minimum atomic E-state index is -3.74. The predicted octanol–water partition coefficient (Wildman–Crippen LogP) is 0.152. The van der Waals surface area contributed by atoms with Crippen LogP contribution in [0.4, 0.5) is 0 Å². The zero-order valence-electron chi connectivity index (χ0n) is 10.8. The summed E-state index contributed by atoms with van der Waals surface area (Å²) in [7, 11) is -2.32. The van der Waals surface area contributed by atoms with Crippen molar-refractivity contribution in [2.45, 2.75) is 17.9 Å². The monoisotopic (exact) mass is 284 g/mol. The molecule has 0 amide bonds. The van der Waals surface area contributed by atoms with Crippen molar-refractivity contribution in [1.29, 1.82) is 5.26 Å². The Morgan fingerprint density at radius 3 is 2.68 bits per heavy atom. The second-order valence-corrected chi connectivity index (χ2v) is 5.76. The number of methoxy groups -OCH3 is 1. The summed E-state index contributed by atoms with van der Waals surface area (Å²) < 4.78 is 31.3. The molecule has 0 saturated carbocycles. The molecule has 0 spiro atoms. The first kappa shape index (κ1) is 15.6. The molecule has 1 atom stereocenters. The van der Waals surface area contributed by atoms with Gasteiger partial charge in [-0.05, 0) is 30.7 Å². The van der Waals surface area contributed by atoms with Crippen molar-refractivity contribution < 1.29 is 18.3 Å². The van der Waals surface area contributed by atoms with E-state index in [0.29, 0.717) is 11.1 Å². The van der Waals surface area contributed by atoms with Crippen LogP contribution in [-0.4, -0.2) is 39.9 Å². The minimum absolute atomic E-state index is 0.0542. The number of nitrogens with one attached hydrogen (secondary N) is 1. The lowest BCUT2D eigenvalue weighted by molar-refractivity contribution is 0.139. The van der Waals surface area contributed by atoms with Gasteiger partial charge >= 0.3 is 0 Å². The third kappa shape index (κ3) is 4.01. The van der Waals surface area contributed by atoms with Gasteiger partial charge in [-0.2, -0.15) is 5.26 Å². The average molecular weight is 284 g/mol. The maximum Gasteiger partial charge on any atom is 0.240 e. The fraction of sp³-hybridized carbons (Fsp3) is 0.417. The Morgan fingerprint density at radius 1 is 1.53 bits per heavy atom. The van der Waals surface area contributed by atoms with E-state index in [1.807, 2.05) is 6.07 Å². The van der Waals surface area contributed by atoms with Gasteiger partial charge in [0.15, 0.2) is 0 Å². The molecule has 1 aromatic carbocycles. The van der Waals surface area contributed by atoms with Crippen molar-refractivity contribution >= 4 is 10.0 Å². The Bertz CT molecular complexity index is 578. The third-order valence-electron chi connectivity index (χ3n) is 2.54. The minimum Gasteiger partial charge on any atom is -0.395 e. The molecule has 0 aliphatic heterocycles. The normalized spacial score (nSPS) is 12.9.